The van der Waals surface area contributed by atoms with E-state index in [0.29, 0.717) is 38.3 Å². The quantitative estimate of drug-likeness (QED) is 0.468. The highest BCUT2D eigenvalue weighted by molar-refractivity contribution is 6.31. The van der Waals surface area contributed by atoms with Crippen LogP contribution in [0.5, 0.6) is 0 Å². The van der Waals surface area contributed by atoms with Gasteiger partial charge in [0.05, 0.1) is 0 Å². The highest BCUT2D eigenvalue weighted by atomic mass is 35.5. The minimum atomic E-state index is -0.249. The predicted octanol–water partition coefficient (Wildman–Crippen LogP) is 6.05. The third-order valence-corrected chi connectivity index (χ3v) is 4.27. The lowest BCUT2D eigenvalue weighted by molar-refractivity contribution is 0.102. The second kappa shape index (κ2) is 6.83. The second-order valence-electron chi connectivity index (χ2n) is 5.68. The summed E-state index contributed by atoms with van der Waals surface area (Å²) in [7, 11) is 0. The Morgan fingerprint density at radius 2 is 1.69 bits per heavy atom. The molecule has 0 unspecified atom stereocenters. The molecule has 0 saturated heterocycles. The van der Waals surface area contributed by atoms with Crippen LogP contribution in [0.25, 0.3) is 22.6 Å². The molecule has 4 nitrogen and oxygen atoms in total. The number of rotatable bonds is 3. The first kappa shape index (κ1) is 16.6. The van der Waals surface area contributed by atoms with Gasteiger partial charge in [0.25, 0.3) is 5.91 Å². The van der Waals surface area contributed by atoms with E-state index >= 15 is 0 Å². The van der Waals surface area contributed by atoms with E-state index in [1.807, 2.05) is 12.1 Å². The molecule has 1 aromatic heterocycles. The predicted molar refractivity (Wildman–Crippen MR) is 104 cm³/mol. The summed E-state index contributed by atoms with van der Waals surface area (Å²) in [5.74, 6) is 0.224. The average Bonchev–Trinajstić information content (AvgIpc) is 3.05. The van der Waals surface area contributed by atoms with E-state index in [-0.39, 0.29) is 5.91 Å². The molecule has 0 spiro atoms. The van der Waals surface area contributed by atoms with E-state index in [0.717, 1.165) is 5.56 Å². The number of fused-ring (bicyclic) bond motifs is 1. The smallest absolute Gasteiger partial charge is 0.255 e. The van der Waals surface area contributed by atoms with Crippen LogP contribution in [0.15, 0.2) is 71.1 Å². The Hall–Kier alpha value is -2.82. The molecule has 0 aliphatic rings. The van der Waals surface area contributed by atoms with Crippen LogP contribution >= 0.6 is 23.2 Å². The fraction of sp³-hybridized carbons (Fsp3) is 0. The normalized spacial score (nSPS) is 10.8. The maximum atomic E-state index is 12.3. The zero-order valence-corrected chi connectivity index (χ0v) is 14.9. The number of anilines is 1. The summed E-state index contributed by atoms with van der Waals surface area (Å²) in [6.45, 7) is 0. The minimum absolute atomic E-state index is 0.249. The summed E-state index contributed by atoms with van der Waals surface area (Å²) < 4.78 is 5.81. The molecular formula is C20H12Cl2N2O2. The molecule has 0 saturated carbocycles. The molecule has 128 valence electrons. The summed E-state index contributed by atoms with van der Waals surface area (Å²) in [4.78, 5) is 16.8. The maximum absolute atomic E-state index is 12.3. The molecule has 3 aromatic carbocycles. The van der Waals surface area contributed by atoms with Crippen LogP contribution in [0.4, 0.5) is 5.69 Å². The van der Waals surface area contributed by atoms with Crippen molar-refractivity contribution in [2.45, 2.75) is 0 Å². The molecule has 0 aliphatic carbocycles. The summed E-state index contributed by atoms with van der Waals surface area (Å²) in [6, 6.07) is 19.3. The van der Waals surface area contributed by atoms with Crippen molar-refractivity contribution in [1.82, 2.24) is 4.98 Å². The highest BCUT2D eigenvalue weighted by Crippen LogP contribution is 2.28. The first-order valence-electron chi connectivity index (χ1n) is 7.82. The highest BCUT2D eigenvalue weighted by Gasteiger charge is 2.11. The standard InChI is InChI=1S/C20H12Cl2N2O2/c21-14-5-1-3-12(9-14)19(25)23-16-7-8-17-18(11-16)26-20(24-17)13-4-2-6-15(22)10-13/h1-11H,(H,23,25). The van der Waals surface area contributed by atoms with Gasteiger partial charge in [-0.05, 0) is 48.5 Å². The van der Waals surface area contributed by atoms with Crippen molar-refractivity contribution in [2.75, 3.05) is 5.32 Å². The number of nitrogens with zero attached hydrogens (tertiary/aromatic N) is 1. The third kappa shape index (κ3) is 3.43. The van der Waals surface area contributed by atoms with Gasteiger partial charge in [0.15, 0.2) is 5.58 Å². The lowest BCUT2D eigenvalue weighted by Crippen LogP contribution is -2.11. The van der Waals surface area contributed by atoms with Gasteiger partial charge in [-0.1, -0.05) is 35.3 Å². The van der Waals surface area contributed by atoms with E-state index in [2.05, 4.69) is 10.3 Å². The summed E-state index contributed by atoms with van der Waals surface area (Å²) in [5, 5.41) is 3.95. The van der Waals surface area contributed by atoms with Gasteiger partial charge in [0, 0.05) is 32.9 Å². The van der Waals surface area contributed by atoms with Gasteiger partial charge in [0.2, 0.25) is 5.89 Å². The minimum Gasteiger partial charge on any atom is -0.436 e. The number of carbonyl (C=O) groups is 1. The fourth-order valence-electron chi connectivity index (χ4n) is 2.58. The Morgan fingerprint density at radius 3 is 2.46 bits per heavy atom. The van der Waals surface area contributed by atoms with Gasteiger partial charge >= 0.3 is 0 Å². The monoisotopic (exact) mass is 382 g/mol. The maximum Gasteiger partial charge on any atom is 0.255 e. The topological polar surface area (TPSA) is 55.1 Å². The molecule has 0 radical (unpaired) electrons. The van der Waals surface area contributed by atoms with Gasteiger partial charge < -0.3 is 9.73 Å². The number of nitrogens with one attached hydrogen (secondary N) is 1. The number of aromatic nitrogens is 1. The molecule has 1 amide bonds. The van der Waals surface area contributed by atoms with Gasteiger partial charge in [-0.15, -0.1) is 0 Å². The fourth-order valence-corrected chi connectivity index (χ4v) is 2.96. The Labute approximate surface area is 159 Å². The third-order valence-electron chi connectivity index (χ3n) is 3.80. The zero-order chi connectivity index (χ0) is 18.1. The van der Waals surface area contributed by atoms with Crippen LogP contribution < -0.4 is 5.32 Å². The molecule has 4 rings (SSSR count). The van der Waals surface area contributed by atoms with Crippen molar-refractivity contribution < 1.29 is 9.21 Å². The SMILES string of the molecule is O=C(Nc1ccc2nc(-c3cccc(Cl)c3)oc2c1)c1cccc(Cl)c1. The van der Waals surface area contributed by atoms with Crippen molar-refractivity contribution in [3.63, 3.8) is 0 Å². The second-order valence-corrected chi connectivity index (χ2v) is 6.55. The van der Waals surface area contributed by atoms with Crippen LogP contribution in [-0.4, -0.2) is 10.9 Å². The molecular weight excluding hydrogens is 371 g/mol. The van der Waals surface area contributed by atoms with E-state index in [9.17, 15) is 4.79 Å². The van der Waals surface area contributed by atoms with Crippen LogP contribution in [0, 0.1) is 0 Å². The van der Waals surface area contributed by atoms with Crippen molar-refractivity contribution in [1.29, 1.82) is 0 Å². The van der Waals surface area contributed by atoms with Crippen LogP contribution in [0.1, 0.15) is 10.4 Å². The lowest BCUT2D eigenvalue weighted by atomic mass is 10.2. The number of halogens is 2. The van der Waals surface area contributed by atoms with Gasteiger partial charge in [-0.3, -0.25) is 4.79 Å². The van der Waals surface area contributed by atoms with Gasteiger partial charge in [-0.2, -0.15) is 0 Å². The molecule has 0 fully saturated rings. The summed E-state index contributed by atoms with van der Waals surface area (Å²) in [5.41, 5.74) is 3.15. The van der Waals surface area contributed by atoms with E-state index in [1.54, 1.807) is 54.6 Å². The number of oxazole rings is 1. The van der Waals surface area contributed by atoms with Gasteiger partial charge in [-0.25, -0.2) is 4.98 Å². The molecule has 1 N–H and O–H groups in total. The van der Waals surface area contributed by atoms with Crippen LogP contribution in [0.3, 0.4) is 0 Å². The number of benzene rings is 3. The van der Waals surface area contributed by atoms with Crippen molar-refractivity contribution >= 4 is 45.9 Å². The largest absolute Gasteiger partial charge is 0.436 e. The Bertz CT molecular complexity index is 1120. The number of carbonyl (C=O) groups excluding carboxylic acids is 1. The Morgan fingerprint density at radius 1 is 0.923 bits per heavy atom. The molecule has 0 atom stereocenters. The lowest BCUT2D eigenvalue weighted by Gasteiger charge is -2.05. The number of hydrogen-bond acceptors (Lipinski definition) is 3. The molecule has 6 heteroatoms. The molecule has 26 heavy (non-hydrogen) atoms. The zero-order valence-electron chi connectivity index (χ0n) is 13.4. The summed E-state index contributed by atoms with van der Waals surface area (Å²) >= 11 is 11.9. The number of amides is 1. The van der Waals surface area contributed by atoms with E-state index in [4.69, 9.17) is 27.6 Å². The van der Waals surface area contributed by atoms with Crippen molar-refractivity contribution in [3.05, 3.63) is 82.3 Å². The number of hydrogen-bond donors (Lipinski definition) is 1. The molecule has 0 aliphatic heterocycles. The molecule has 4 aromatic rings. The Kier molecular flexibility index (Phi) is 4.37. The molecule has 1 heterocycles. The van der Waals surface area contributed by atoms with Crippen LogP contribution in [0.2, 0.25) is 10.0 Å². The average molecular weight is 383 g/mol. The van der Waals surface area contributed by atoms with Crippen LogP contribution in [-0.2, 0) is 0 Å². The van der Waals surface area contributed by atoms with E-state index < -0.39 is 0 Å². The summed E-state index contributed by atoms with van der Waals surface area (Å²) in [6.07, 6.45) is 0. The molecule has 0 bridgehead atoms. The first-order valence-corrected chi connectivity index (χ1v) is 8.57. The van der Waals surface area contributed by atoms with Gasteiger partial charge in [0.1, 0.15) is 5.52 Å². The first-order chi connectivity index (χ1) is 12.6. The van der Waals surface area contributed by atoms with E-state index in [1.165, 1.54) is 0 Å². The van der Waals surface area contributed by atoms with Crippen molar-refractivity contribution in [3.8, 4) is 11.5 Å². The Balaban J connectivity index is 1.62. The van der Waals surface area contributed by atoms with Crippen molar-refractivity contribution in [2.24, 2.45) is 0 Å².